The van der Waals surface area contributed by atoms with E-state index in [2.05, 4.69) is 0 Å². The number of hydrogen-bond donors (Lipinski definition) is 0. The number of Topliss-reactive ketones (excluding diaryl/α,β-unsaturated/α-hetero) is 2. The Morgan fingerprint density at radius 1 is 0.789 bits per heavy atom. The van der Waals surface area contributed by atoms with Gasteiger partial charge < -0.3 is 0 Å². The summed E-state index contributed by atoms with van der Waals surface area (Å²) in [5, 5.41) is 0. The molecule has 0 atom stereocenters. The van der Waals surface area contributed by atoms with E-state index in [0.717, 1.165) is 15.4 Å². The highest BCUT2D eigenvalue weighted by Crippen LogP contribution is 2.64. The fourth-order valence-electron chi connectivity index (χ4n) is 2.51. The first-order valence-electron chi connectivity index (χ1n) is 5.88. The van der Waals surface area contributed by atoms with Crippen LogP contribution < -0.4 is 0 Å². The van der Waals surface area contributed by atoms with Gasteiger partial charge in [0, 0.05) is 15.4 Å². The topological polar surface area (TPSA) is 34.1 Å². The van der Waals surface area contributed by atoms with Crippen molar-refractivity contribution in [2.45, 2.75) is 13.9 Å². The molecule has 1 heterocycles. The highest BCUT2D eigenvalue weighted by atomic mass is 32.2. The van der Waals surface area contributed by atoms with Gasteiger partial charge in [0.25, 0.3) is 0 Å². The molecule has 0 fully saturated rings. The van der Waals surface area contributed by atoms with Crippen LogP contribution in [0.5, 0.6) is 0 Å². The van der Waals surface area contributed by atoms with Gasteiger partial charge in [-0.25, -0.2) is 0 Å². The molecule has 1 aliphatic carbocycles. The van der Waals surface area contributed by atoms with E-state index in [4.69, 9.17) is 0 Å². The summed E-state index contributed by atoms with van der Waals surface area (Å²) in [6, 6.07) is 15.2. The Morgan fingerprint density at radius 3 is 2.05 bits per heavy atom. The van der Waals surface area contributed by atoms with E-state index in [0.29, 0.717) is 5.56 Å². The summed E-state index contributed by atoms with van der Waals surface area (Å²) in [5.74, 6) is -0.664. The van der Waals surface area contributed by atoms with Crippen molar-refractivity contribution in [2.75, 3.05) is 0 Å². The maximum Gasteiger partial charge on any atom is 0.234 e. The molecule has 0 amide bonds. The quantitative estimate of drug-likeness (QED) is 0.693. The Hall–Kier alpha value is -1.52. The molecule has 2 aromatic rings. The molecule has 0 saturated carbocycles. The van der Waals surface area contributed by atoms with Gasteiger partial charge in [0.05, 0.1) is 0 Å². The summed E-state index contributed by atoms with van der Waals surface area (Å²) in [6.07, 6.45) is 0. The number of rotatable bonds is 0. The summed E-state index contributed by atoms with van der Waals surface area (Å²) in [4.78, 5) is 26.7. The molecule has 2 aromatic carbocycles. The minimum atomic E-state index is -0.794. The fourth-order valence-corrected chi connectivity index (χ4v) is 5.67. The van der Waals surface area contributed by atoms with Crippen LogP contribution >= 0.6 is 23.5 Å². The van der Waals surface area contributed by atoms with Gasteiger partial charge >= 0.3 is 0 Å². The minimum Gasteiger partial charge on any atom is -0.287 e. The molecule has 1 aliphatic heterocycles. The maximum atomic E-state index is 12.5. The van der Waals surface area contributed by atoms with Gasteiger partial charge in [-0.3, -0.25) is 9.59 Å². The van der Waals surface area contributed by atoms with Gasteiger partial charge in [0.15, 0.2) is 4.08 Å². The molecule has 0 aromatic heterocycles. The van der Waals surface area contributed by atoms with Gasteiger partial charge in [-0.15, -0.1) is 0 Å². The zero-order valence-electron chi connectivity index (χ0n) is 9.75. The average molecular weight is 284 g/mol. The van der Waals surface area contributed by atoms with Gasteiger partial charge in [-0.05, 0) is 17.7 Å². The highest BCUT2D eigenvalue weighted by Gasteiger charge is 2.56. The second kappa shape index (κ2) is 3.74. The Morgan fingerprint density at radius 2 is 1.37 bits per heavy atom. The number of hydrogen-bond acceptors (Lipinski definition) is 4. The number of benzene rings is 2. The van der Waals surface area contributed by atoms with Crippen molar-refractivity contribution in [3.63, 3.8) is 0 Å². The summed E-state index contributed by atoms with van der Waals surface area (Å²) < 4.78 is -0.794. The molecule has 4 heteroatoms. The third-order valence-corrected chi connectivity index (χ3v) is 6.55. The van der Waals surface area contributed by atoms with E-state index >= 15 is 0 Å². The summed E-state index contributed by atoms with van der Waals surface area (Å²) in [6.45, 7) is 0. The van der Waals surface area contributed by atoms with Gasteiger partial charge in [-0.2, -0.15) is 0 Å². The van der Waals surface area contributed by atoms with Crippen molar-refractivity contribution in [3.05, 3.63) is 59.7 Å². The molecule has 0 radical (unpaired) electrons. The van der Waals surface area contributed by atoms with E-state index in [-0.39, 0.29) is 11.6 Å². The molecule has 0 N–H and O–H groups in total. The lowest BCUT2D eigenvalue weighted by atomic mass is 10.1. The Balaban J connectivity index is 1.95. The Bertz CT molecular complexity index is 711. The standard InChI is InChI=1S/C15H8O2S2/c16-13-9-5-1-2-6-10(9)15(14(13)17)18-11-7-3-4-8-12(11)19-15/h1-8H. The van der Waals surface area contributed by atoms with Gasteiger partial charge in [0.1, 0.15) is 0 Å². The molecule has 2 aliphatic rings. The van der Waals surface area contributed by atoms with Crippen LogP contribution in [0.25, 0.3) is 0 Å². The molecule has 92 valence electrons. The molecular formula is C15H8O2S2. The lowest BCUT2D eigenvalue weighted by Gasteiger charge is -2.19. The van der Waals surface area contributed by atoms with Crippen molar-refractivity contribution >= 4 is 35.1 Å². The van der Waals surface area contributed by atoms with E-state index in [9.17, 15) is 9.59 Å². The summed E-state index contributed by atoms with van der Waals surface area (Å²) in [7, 11) is 0. The average Bonchev–Trinajstić information content (AvgIpc) is 2.93. The van der Waals surface area contributed by atoms with Crippen LogP contribution in [-0.2, 0) is 8.87 Å². The van der Waals surface area contributed by atoms with E-state index in [1.165, 1.54) is 23.5 Å². The van der Waals surface area contributed by atoms with E-state index < -0.39 is 4.08 Å². The number of carbonyl (C=O) groups excluding carboxylic acids is 2. The zero-order valence-corrected chi connectivity index (χ0v) is 11.4. The SMILES string of the molecule is O=C1C(=O)C2(Sc3ccccc3S2)c2ccccc21. The third-order valence-electron chi connectivity index (χ3n) is 3.39. The molecule has 2 nitrogen and oxygen atoms in total. The predicted octanol–water partition coefficient (Wildman–Crippen LogP) is 3.50. The monoisotopic (exact) mass is 284 g/mol. The van der Waals surface area contributed by atoms with Gasteiger partial charge in [-0.1, -0.05) is 59.9 Å². The Kier molecular flexibility index (Phi) is 2.23. The Labute approximate surface area is 118 Å². The van der Waals surface area contributed by atoms with Crippen molar-refractivity contribution in [1.29, 1.82) is 0 Å². The van der Waals surface area contributed by atoms with Crippen molar-refractivity contribution in [1.82, 2.24) is 0 Å². The molecule has 19 heavy (non-hydrogen) atoms. The molecule has 0 saturated heterocycles. The summed E-state index contributed by atoms with van der Waals surface area (Å²) in [5.41, 5.74) is 1.40. The smallest absolute Gasteiger partial charge is 0.234 e. The molecule has 1 spiro atoms. The van der Waals surface area contributed by atoms with Crippen molar-refractivity contribution in [3.8, 4) is 0 Å². The second-order valence-electron chi connectivity index (χ2n) is 4.47. The first-order valence-corrected chi connectivity index (χ1v) is 7.51. The largest absolute Gasteiger partial charge is 0.287 e. The zero-order chi connectivity index (χ0) is 13.0. The van der Waals surface area contributed by atoms with Crippen LogP contribution in [0.4, 0.5) is 0 Å². The van der Waals surface area contributed by atoms with Crippen LogP contribution in [0, 0.1) is 0 Å². The predicted molar refractivity (Wildman–Crippen MR) is 75.6 cm³/mol. The lowest BCUT2D eigenvalue weighted by Crippen LogP contribution is -2.24. The molecular weight excluding hydrogens is 276 g/mol. The molecule has 0 bridgehead atoms. The van der Waals surface area contributed by atoms with Crippen molar-refractivity contribution in [2.24, 2.45) is 0 Å². The van der Waals surface area contributed by atoms with Crippen LogP contribution in [0.1, 0.15) is 15.9 Å². The van der Waals surface area contributed by atoms with Crippen LogP contribution in [0.2, 0.25) is 0 Å². The molecule has 0 unspecified atom stereocenters. The fraction of sp³-hybridized carbons (Fsp3) is 0.0667. The molecule has 4 rings (SSSR count). The number of fused-ring (bicyclic) bond motifs is 3. The van der Waals surface area contributed by atoms with Crippen LogP contribution in [0.15, 0.2) is 58.3 Å². The number of ketones is 2. The normalized spacial score (nSPS) is 18.7. The number of carbonyl (C=O) groups is 2. The maximum absolute atomic E-state index is 12.5. The van der Waals surface area contributed by atoms with Crippen molar-refractivity contribution < 1.29 is 9.59 Å². The first-order chi connectivity index (χ1) is 9.22. The van der Waals surface area contributed by atoms with Gasteiger partial charge in [0.2, 0.25) is 11.6 Å². The van der Waals surface area contributed by atoms with Crippen LogP contribution in [-0.4, -0.2) is 11.6 Å². The highest BCUT2D eigenvalue weighted by molar-refractivity contribution is 8.21. The third kappa shape index (κ3) is 1.36. The summed E-state index contributed by atoms with van der Waals surface area (Å²) >= 11 is 2.99. The van der Waals surface area contributed by atoms with E-state index in [1.807, 2.05) is 36.4 Å². The first kappa shape index (κ1) is 11.3. The van der Waals surface area contributed by atoms with Crippen LogP contribution in [0.3, 0.4) is 0 Å². The number of thioether (sulfide) groups is 2. The lowest BCUT2D eigenvalue weighted by molar-refractivity contribution is -0.114. The minimum absolute atomic E-state index is 0.306. The second-order valence-corrected chi connectivity index (χ2v) is 7.24. The van der Waals surface area contributed by atoms with E-state index in [1.54, 1.807) is 12.1 Å².